The van der Waals surface area contributed by atoms with Crippen LogP contribution in [-0.2, 0) is 9.59 Å². The SMILES string of the molecule is Cl.O=C(CC1CCCN1)NCCCN1CCCCCC1=O. The van der Waals surface area contributed by atoms with Crippen LogP contribution in [0.25, 0.3) is 0 Å². The van der Waals surface area contributed by atoms with Gasteiger partial charge in [-0.15, -0.1) is 12.4 Å². The Kier molecular flexibility index (Phi) is 8.69. The highest BCUT2D eigenvalue weighted by molar-refractivity contribution is 5.85. The molecule has 2 fully saturated rings. The van der Waals surface area contributed by atoms with Gasteiger partial charge in [0, 0.05) is 38.5 Å². The Bertz CT molecular complexity index is 333. The van der Waals surface area contributed by atoms with Gasteiger partial charge in [0.05, 0.1) is 0 Å². The number of nitrogens with zero attached hydrogens (tertiary/aromatic N) is 1. The third-order valence-electron chi connectivity index (χ3n) is 4.19. The van der Waals surface area contributed by atoms with Crippen molar-refractivity contribution in [2.75, 3.05) is 26.2 Å². The van der Waals surface area contributed by atoms with Crippen molar-refractivity contribution in [3.8, 4) is 0 Å². The maximum Gasteiger partial charge on any atom is 0.222 e. The molecule has 2 aliphatic rings. The summed E-state index contributed by atoms with van der Waals surface area (Å²) in [6.45, 7) is 3.38. The second-order valence-electron chi connectivity index (χ2n) is 5.89. The molecule has 2 rings (SSSR count). The van der Waals surface area contributed by atoms with E-state index in [0.29, 0.717) is 25.4 Å². The molecular weight excluding hydrogens is 290 g/mol. The van der Waals surface area contributed by atoms with Gasteiger partial charge >= 0.3 is 0 Å². The van der Waals surface area contributed by atoms with Gasteiger partial charge in [-0.25, -0.2) is 0 Å². The number of rotatable bonds is 6. The second kappa shape index (κ2) is 10.0. The lowest BCUT2D eigenvalue weighted by molar-refractivity contribution is -0.130. The molecule has 21 heavy (non-hydrogen) atoms. The molecule has 6 heteroatoms. The van der Waals surface area contributed by atoms with Gasteiger partial charge in [-0.05, 0) is 38.6 Å². The summed E-state index contributed by atoms with van der Waals surface area (Å²) in [5.41, 5.74) is 0. The van der Waals surface area contributed by atoms with Crippen LogP contribution in [0.2, 0.25) is 0 Å². The smallest absolute Gasteiger partial charge is 0.222 e. The molecule has 2 aliphatic heterocycles. The predicted octanol–water partition coefficient (Wildman–Crippen LogP) is 1.46. The van der Waals surface area contributed by atoms with Crippen molar-refractivity contribution >= 4 is 24.2 Å². The first-order valence-corrected chi connectivity index (χ1v) is 8.03. The van der Waals surface area contributed by atoms with Crippen molar-refractivity contribution in [2.24, 2.45) is 0 Å². The molecule has 0 aromatic carbocycles. The van der Waals surface area contributed by atoms with Crippen LogP contribution in [0.1, 0.15) is 51.4 Å². The summed E-state index contributed by atoms with van der Waals surface area (Å²) in [4.78, 5) is 25.5. The Balaban J connectivity index is 0.00000220. The molecule has 0 bridgehead atoms. The topological polar surface area (TPSA) is 61.4 Å². The molecule has 0 aromatic rings. The lowest BCUT2D eigenvalue weighted by Crippen LogP contribution is -2.35. The first kappa shape index (κ1) is 18.2. The number of nitrogens with one attached hydrogen (secondary N) is 2. The Labute approximate surface area is 133 Å². The van der Waals surface area contributed by atoms with Crippen molar-refractivity contribution in [1.29, 1.82) is 0 Å². The zero-order valence-electron chi connectivity index (χ0n) is 12.7. The summed E-state index contributed by atoms with van der Waals surface area (Å²) >= 11 is 0. The molecule has 0 aliphatic carbocycles. The minimum atomic E-state index is 0. The summed E-state index contributed by atoms with van der Waals surface area (Å²) in [6, 6.07) is 0.363. The van der Waals surface area contributed by atoms with Crippen LogP contribution in [0.4, 0.5) is 0 Å². The van der Waals surface area contributed by atoms with Gasteiger partial charge in [0.25, 0.3) is 0 Å². The number of carbonyl (C=O) groups excluding carboxylic acids is 2. The van der Waals surface area contributed by atoms with Crippen molar-refractivity contribution in [3.63, 3.8) is 0 Å². The van der Waals surface area contributed by atoms with E-state index in [4.69, 9.17) is 0 Å². The van der Waals surface area contributed by atoms with Crippen LogP contribution in [0, 0.1) is 0 Å². The zero-order chi connectivity index (χ0) is 14.2. The highest BCUT2D eigenvalue weighted by Crippen LogP contribution is 2.11. The van der Waals surface area contributed by atoms with Crippen LogP contribution >= 0.6 is 12.4 Å². The van der Waals surface area contributed by atoms with Gasteiger partial charge in [-0.1, -0.05) is 6.42 Å². The monoisotopic (exact) mass is 317 g/mol. The summed E-state index contributed by atoms with van der Waals surface area (Å²) < 4.78 is 0. The summed E-state index contributed by atoms with van der Waals surface area (Å²) in [5.74, 6) is 0.413. The lowest BCUT2D eigenvalue weighted by Gasteiger charge is -2.20. The normalized spacial score (nSPS) is 22.6. The van der Waals surface area contributed by atoms with Gasteiger partial charge in [-0.2, -0.15) is 0 Å². The average molecular weight is 318 g/mol. The van der Waals surface area contributed by atoms with Crippen LogP contribution in [-0.4, -0.2) is 48.9 Å². The zero-order valence-corrected chi connectivity index (χ0v) is 13.6. The summed E-state index contributed by atoms with van der Waals surface area (Å²) in [6.07, 6.45) is 7.72. The first-order chi connectivity index (χ1) is 9.75. The number of likely N-dealkylation sites (tertiary alicyclic amines) is 1. The first-order valence-electron chi connectivity index (χ1n) is 8.03. The van der Waals surface area contributed by atoms with E-state index < -0.39 is 0 Å². The van der Waals surface area contributed by atoms with Crippen molar-refractivity contribution in [2.45, 2.75) is 57.4 Å². The van der Waals surface area contributed by atoms with Crippen molar-refractivity contribution in [3.05, 3.63) is 0 Å². The fraction of sp³-hybridized carbons (Fsp3) is 0.867. The van der Waals surface area contributed by atoms with Crippen LogP contribution in [0.15, 0.2) is 0 Å². The third kappa shape index (κ3) is 6.66. The van der Waals surface area contributed by atoms with Gasteiger partial charge in [0.1, 0.15) is 0 Å². The van der Waals surface area contributed by atoms with Gasteiger partial charge in [-0.3, -0.25) is 9.59 Å². The number of amides is 2. The Morgan fingerprint density at radius 1 is 1.29 bits per heavy atom. The standard InChI is InChI=1S/C15H27N3O2.ClH/c19-14(12-13-6-4-8-16-13)17-9-5-11-18-10-3-1-2-7-15(18)20;/h13,16H,1-12H2,(H,17,19);1H. The van der Waals surface area contributed by atoms with Gasteiger partial charge in [0.15, 0.2) is 0 Å². The number of carbonyl (C=O) groups is 2. The molecule has 5 nitrogen and oxygen atoms in total. The lowest BCUT2D eigenvalue weighted by atomic mass is 10.1. The molecule has 2 N–H and O–H groups in total. The molecule has 1 atom stereocenters. The fourth-order valence-corrected chi connectivity index (χ4v) is 3.00. The molecule has 2 amide bonds. The number of hydrogen-bond acceptors (Lipinski definition) is 3. The number of hydrogen-bond donors (Lipinski definition) is 2. The predicted molar refractivity (Wildman–Crippen MR) is 85.6 cm³/mol. The van der Waals surface area contributed by atoms with E-state index in [9.17, 15) is 9.59 Å². The van der Waals surface area contributed by atoms with Crippen LogP contribution in [0.3, 0.4) is 0 Å². The van der Waals surface area contributed by atoms with E-state index in [-0.39, 0.29) is 24.2 Å². The minimum Gasteiger partial charge on any atom is -0.356 e. The summed E-state index contributed by atoms with van der Waals surface area (Å²) in [5, 5.41) is 6.29. The minimum absolute atomic E-state index is 0. The van der Waals surface area contributed by atoms with Crippen LogP contribution < -0.4 is 10.6 Å². The summed E-state index contributed by atoms with van der Waals surface area (Å²) in [7, 11) is 0. The Morgan fingerprint density at radius 2 is 2.14 bits per heavy atom. The maximum atomic E-state index is 11.8. The highest BCUT2D eigenvalue weighted by atomic mass is 35.5. The maximum absolute atomic E-state index is 11.8. The van der Waals surface area contributed by atoms with Crippen molar-refractivity contribution < 1.29 is 9.59 Å². The molecule has 2 saturated heterocycles. The van der Waals surface area contributed by atoms with E-state index in [0.717, 1.165) is 51.7 Å². The third-order valence-corrected chi connectivity index (χ3v) is 4.19. The van der Waals surface area contributed by atoms with Crippen LogP contribution in [0.5, 0.6) is 0 Å². The molecular formula is C15H28ClN3O2. The Hall–Kier alpha value is -0.810. The molecule has 0 saturated carbocycles. The van der Waals surface area contributed by atoms with E-state index in [1.807, 2.05) is 4.90 Å². The van der Waals surface area contributed by atoms with E-state index in [2.05, 4.69) is 10.6 Å². The largest absolute Gasteiger partial charge is 0.356 e. The molecule has 122 valence electrons. The van der Waals surface area contributed by atoms with Gasteiger partial charge < -0.3 is 15.5 Å². The second-order valence-corrected chi connectivity index (χ2v) is 5.89. The van der Waals surface area contributed by atoms with E-state index in [1.165, 1.54) is 6.42 Å². The quantitative estimate of drug-likeness (QED) is 0.729. The molecule has 0 aromatic heterocycles. The molecule has 2 heterocycles. The molecule has 1 unspecified atom stereocenters. The van der Waals surface area contributed by atoms with Crippen molar-refractivity contribution in [1.82, 2.24) is 15.5 Å². The van der Waals surface area contributed by atoms with E-state index in [1.54, 1.807) is 0 Å². The Morgan fingerprint density at radius 3 is 2.90 bits per heavy atom. The highest BCUT2D eigenvalue weighted by Gasteiger charge is 2.18. The number of halogens is 1. The van der Waals surface area contributed by atoms with E-state index >= 15 is 0 Å². The molecule has 0 spiro atoms. The molecule has 0 radical (unpaired) electrons. The van der Waals surface area contributed by atoms with Gasteiger partial charge in [0.2, 0.25) is 11.8 Å². The fourth-order valence-electron chi connectivity index (χ4n) is 3.00. The average Bonchev–Trinajstić information content (AvgIpc) is 2.84.